The van der Waals surface area contributed by atoms with Crippen LogP contribution in [0, 0.1) is 5.41 Å². The summed E-state index contributed by atoms with van der Waals surface area (Å²) < 4.78 is 0. The largest absolute Gasteiger partial charge is 0.480 e. The Bertz CT molecular complexity index is 269. The molecule has 92 valence electrons. The first kappa shape index (κ1) is 14.2. The Balaban J connectivity index is 3.90. The number of carboxylic acids is 1. The van der Waals surface area contributed by atoms with Gasteiger partial charge in [-0.05, 0) is 12.8 Å². The van der Waals surface area contributed by atoms with Gasteiger partial charge in [0, 0.05) is 6.54 Å². The maximum atomic E-state index is 10.8. The number of hydrogen-bond acceptors (Lipinski definition) is 4. The molecule has 1 amide bonds. The maximum Gasteiger partial charge on any atom is 0.326 e. The second kappa shape index (κ2) is 7.46. The van der Waals surface area contributed by atoms with Gasteiger partial charge in [-0.3, -0.25) is 10.2 Å². The summed E-state index contributed by atoms with van der Waals surface area (Å²) in [6, 6.07) is -1.03. The summed E-state index contributed by atoms with van der Waals surface area (Å²) in [7, 11) is 0. The lowest BCUT2D eigenvalue weighted by atomic mass is 10.1. The first-order valence-corrected chi connectivity index (χ1v) is 4.68. The van der Waals surface area contributed by atoms with Gasteiger partial charge in [0.2, 0.25) is 5.91 Å². The highest BCUT2D eigenvalue weighted by atomic mass is 16.4. The minimum atomic E-state index is -1.16. The van der Waals surface area contributed by atoms with Gasteiger partial charge in [-0.2, -0.15) is 0 Å². The number of guanidine groups is 1. The lowest BCUT2D eigenvalue weighted by molar-refractivity contribution is -0.142. The average Bonchev–Trinajstić information content (AvgIpc) is 2.21. The number of aliphatic hydroxyl groups excluding tert-OH is 1. The van der Waals surface area contributed by atoms with Crippen LogP contribution in [0.25, 0.3) is 0 Å². The molecule has 7 N–H and O–H groups in total. The van der Waals surface area contributed by atoms with Crippen molar-refractivity contribution in [1.82, 2.24) is 10.6 Å². The molecule has 0 rings (SSSR count). The van der Waals surface area contributed by atoms with Crippen LogP contribution in [0.3, 0.4) is 0 Å². The molecule has 1 atom stereocenters. The molecule has 0 spiro atoms. The lowest BCUT2D eigenvalue weighted by Gasteiger charge is -2.13. The van der Waals surface area contributed by atoms with Crippen molar-refractivity contribution in [2.75, 3.05) is 13.2 Å². The van der Waals surface area contributed by atoms with Gasteiger partial charge in [0.15, 0.2) is 5.96 Å². The van der Waals surface area contributed by atoms with Crippen LogP contribution < -0.4 is 16.4 Å². The van der Waals surface area contributed by atoms with Crippen LogP contribution >= 0.6 is 0 Å². The van der Waals surface area contributed by atoms with Gasteiger partial charge in [-0.1, -0.05) is 0 Å². The number of carbonyl (C=O) groups is 2. The van der Waals surface area contributed by atoms with Crippen LogP contribution in [0.5, 0.6) is 0 Å². The van der Waals surface area contributed by atoms with Crippen LogP contribution in [0.4, 0.5) is 0 Å². The quantitative estimate of drug-likeness (QED) is 0.167. The summed E-state index contributed by atoms with van der Waals surface area (Å²) in [4.78, 5) is 21.5. The van der Waals surface area contributed by atoms with E-state index in [-0.39, 0.29) is 12.4 Å². The second-order valence-electron chi connectivity index (χ2n) is 3.10. The van der Waals surface area contributed by atoms with Crippen LogP contribution in [0.1, 0.15) is 12.8 Å². The highest BCUT2D eigenvalue weighted by molar-refractivity contribution is 5.84. The molecule has 0 aromatic carbocycles. The van der Waals surface area contributed by atoms with Gasteiger partial charge >= 0.3 is 5.97 Å². The molecule has 0 unspecified atom stereocenters. The van der Waals surface area contributed by atoms with Crippen molar-refractivity contribution in [3.63, 3.8) is 0 Å². The first-order valence-electron chi connectivity index (χ1n) is 4.68. The number of carbonyl (C=O) groups excluding carboxylic acids is 1. The van der Waals surface area contributed by atoms with E-state index in [9.17, 15) is 9.59 Å². The van der Waals surface area contributed by atoms with Gasteiger partial charge < -0.3 is 26.6 Å². The minimum Gasteiger partial charge on any atom is -0.480 e. The number of nitrogens with two attached hydrogens (primary N) is 1. The number of aliphatic carboxylic acids is 1. The molecule has 0 radical (unpaired) electrons. The van der Waals surface area contributed by atoms with E-state index in [2.05, 4.69) is 10.6 Å². The molecule has 0 aromatic heterocycles. The lowest BCUT2D eigenvalue weighted by Crippen LogP contribution is -2.42. The molecule has 0 saturated heterocycles. The predicted molar refractivity (Wildman–Crippen MR) is 55.8 cm³/mol. The third-order valence-corrected chi connectivity index (χ3v) is 1.76. The zero-order valence-electron chi connectivity index (χ0n) is 8.69. The fourth-order valence-electron chi connectivity index (χ4n) is 1.03. The van der Waals surface area contributed by atoms with Gasteiger partial charge in [0.1, 0.15) is 12.6 Å². The van der Waals surface area contributed by atoms with Crippen molar-refractivity contribution in [3.8, 4) is 0 Å². The predicted octanol–water partition coefficient (Wildman–Crippen LogP) is -2.19. The van der Waals surface area contributed by atoms with Crippen molar-refractivity contribution >= 4 is 17.8 Å². The molecule has 8 nitrogen and oxygen atoms in total. The molecular weight excluding hydrogens is 216 g/mol. The molecule has 0 saturated carbocycles. The van der Waals surface area contributed by atoms with E-state index >= 15 is 0 Å². The Morgan fingerprint density at radius 3 is 2.50 bits per heavy atom. The SMILES string of the molecule is N=C(N)NCCC[C@H](NC(=O)CO)C(=O)O. The van der Waals surface area contributed by atoms with Crippen LogP contribution in [0.2, 0.25) is 0 Å². The van der Waals surface area contributed by atoms with E-state index in [0.717, 1.165) is 0 Å². The van der Waals surface area contributed by atoms with Crippen LogP contribution in [-0.2, 0) is 9.59 Å². The van der Waals surface area contributed by atoms with Crippen molar-refractivity contribution < 1.29 is 19.8 Å². The van der Waals surface area contributed by atoms with E-state index in [1.807, 2.05) is 0 Å². The standard InChI is InChI=1S/C8H16N4O4/c9-8(10)11-3-1-2-5(7(15)16)12-6(14)4-13/h5,13H,1-4H2,(H,12,14)(H,15,16)(H4,9,10,11)/t5-/m0/s1. The van der Waals surface area contributed by atoms with Crippen LogP contribution in [-0.4, -0.2) is 47.2 Å². The summed E-state index contributed by atoms with van der Waals surface area (Å²) in [6.07, 6.45) is 0.629. The van der Waals surface area contributed by atoms with Crippen molar-refractivity contribution in [2.45, 2.75) is 18.9 Å². The van der Waals surface area contributed by atoms with E-state index in [4.69, 9.17) is 21.4 Å². The van der Waals surface area contributed by atoms with E-state index in [1.165, 1.54) is 0 Å². The summed E-state index contributed by atoms with van der Waals surface area (Å²) in [5, 5.41) is 28.7. The summed E-state index contributed by atoms with van der Waals surface area (Å²) in [6.45, 7) is -0.385. The number of nitrogens with one attached hydrogen (secondary N) is 3. The number of amides is 1. The smallest absolute Gasteiger partial charge is 0.326 e. The van der Waals surface area contributed by atoms with Gasteiger partial charge in [0.25, 0.3) is 0 Å². The Labute approximate surface area is 92.3 Å². The first-order chi connectivity index (χ1) is 7.47. The minimum absolute atomic E-state index is 0.189. The highest BCUT2D eigenvalue weighted by Crippen LogP contribution is 1.96. The molecule has 0 aromatic rings. The Morgan fingerprint density at radius 1 is 1.44 bits per heavy atom. The van der Waals surface area contributed by atoms with Gasteiger partial charge in [-0.15, -0.1) is 0 Å². The monoisotopic (exact) mass is 232 g/mol. The normalized spacial score (nSPS) is 11.6. The summed E-state index contributed by atoms with van der Waals surface area (Å²) >= 11 is 0. The van der Waals surface area contributed by atoms with Gasteiger partial charge in [-0.25, -0.2) is 4.79 Å². The zero-order valence-corrected chi connectivity index (χ0v) is 8.69. The van der Waals surface area contributed by atoms with E-state index in [0.29, 0.717) is 13.0 Å². The number of hydrogen-bond donors (Lipinski definition) is 6. The fraction of sp³-hybridized carbons (Fsp3) is 0.625. The molecule has 8 heteroatoms. The van der Waals surface area contributed by atoms with Crippen molar-refractivity contribution in [2.24, 2.45) is 5.73 Å². The maximum absolute atomic E-state index is 10.8. The third-order valence-electron chi connectivity index (χ3n) is 1.76. The molecule has 0 aliphatic carbocycles. The third kappa shape index (κ3) is 6.60. The highest BCUT2D eigenvalue weighted by Gasteiger charge is 2.18. The van der Waals surface area contributed by atoms with Crippen LogP contribution in [0.15, 0.2) is 0 Å². The van der Waals surface area contributed by atoms with Crippen molar-refractivity contribution in [3.05, 3.63) is 0 Å². The molecule has 0 aliphatic heterocycles. The Hall–Kier alpha value is -1.83. The average molecular weight is 232 g/mol. The van der Waals surface area contributed by atoms with Gasteiger partial charge in [0.05, 0.1) is 0 Å². The number of rotatable bonds is 7. The number of carboxylic acid groups (broad SMARTS) is 1. The molecule has 0 fully saturated rings. The Kier molecular flexibility index (Phi) is 6.61. The summed E-state index contributed by atoms with van der Waals surface area (Å²) in [5.74, 6) is -2.08. The fourth-order valence-corrected chi connectivity index (χ4v) is 1.03. The Morgan fingerprint density at radius 2 is 2.06 bits per heavy atom. The topological polar surface area (TPSA) is 149 Å². The molecule has 0 aliphatic rings. The molecule has 16 heavy (non-hydrogen) atoms. The molecule has 0 bridgehead atoms. The van der Waals surface area contributed by atoms with Crippen molar-refractivity contribution in [1.29, 1.82) is 5.41 Å². The van der Waals surface area contributed by atoms with E-state index < -0.39 is 24.5 Å². The second-order valence-corrected chi connectivity index (χ2v) is 3.10. The summed E-state index contributed by atoms with van der Waals surface area (Å²) in [5.41, 5.74) is 5.02. The molecular formula is C8H16N4O4. The molecule has 0 heterocycles. The zero-order chi connectivity index (χ0) is 12.6. The number of aliphatic hydroxyl groups is 1. The van der Waals surface area contributed by atoms with E-state index in [1.54, 1.807) is 0 Å².